The predicted octanol–water partition coefficient (Wildman–Crippen LogP) is -2.20. The van der Waals surface area contributed by atoms with Crippen LogP contribution in [0.1, 0.15) is 16.6 Å². The van der Waals surface area contributed by atoms with E-state index in [4.69, 9.17) is 20.3 Å². The quantitative estimate of drug-likeness (QED) is 0.299. The molecule has 0 aliphatic carbocycles. The van der Waals surface area contributed by atoms with E-state index in [1.807, 2.05) is 0 Å². The Balaban J connectivity index is 2.14. The van der Waals surface area contributed by atoms with Gasteiger partial charge in [0.2, 0.25) is 0 Å². The summed E-state index contributed by atoms with van der Waals surface area (Å²) in [6.07, 6.45) is -2.18. The zero-order valence-corrected chi connectivity index (χ0v) is 12.1. The standard InChI is InChI=1S/C11H15N2O8P/c12-10(16)6-2-1-3-13(4-6)11-9(15)8(14)7(21-11)5-20-22(17,18)19/h1-4,7-9,11,14-15H,5H2,(H3-,12,16,17,18,19)/p+1/t7-,8?,9+,11-/m1/s1. The smallest absolute Gasteiger partial charge is 0.387 e. The molecule has 1 aromatic heterocycles. The summed E-state index contributed by atoms with van der Waals surface area (Å²) in [5.74, 6) is -0.677. The molecule has 1 aliphatic rings. The largest absolute Gasteiger partial charge is 0.469 e. The van der Waals surface area contributed by atoms with E-state index in [2.05, 4.69) is 4.52 Å². The van der Waals surface area contributed by atoms with Crippen LogP contribution in [0.15, 0.2) is 24.5 Å². The molecule has 0 aromatic carbocycles. The first-order chi connectivity index (χ1) is 10.2. The van der Waals surface area contributed by atoms with Crippen molar-refractivity contribution in [1.29, 1.82) is 0 Å². The van der Waals surface area contributed by atoms with Gasteiger partial charge in [-0.05, 0) is 6.07 Å². The zero-order valence-electron chi connectivity index (χ0n) is 11.2. The van der Waals surface area contributed by atoms with E-state index in [-0.39, 0.29) is 5.56 Å². The van der Waals surface area contributed by atoms with Crippen molar-refractivity contribution in [3.8, 4) is 0 Å². The lowest BCUT2D eigenvalue weighted by atomic mass is 10.1. The van der Waals surface area contributed by atoms with Crippen LogP contribution in [0.4, 0.5) is 0 Å². The molecule has 4 atom stereocenters. The van der Waals surface area contributed by atoms with Crippen molar-refractivity contribution in [2.24, 2.45) is 5.73 Å². The summed E-state index contributed by atoms with van der Waals surface area (Å²) >= 11 is 0. The molecule has 6 N–H and O–H groups in total. The molecule has 0 radical (unpaired) electrons. The van der Waals surface area contributed by atoms with Gasteiger partial charge in [-0.2, -0.15) is 4.57 Å². The monoisotopic (exact) mass is 335 g/mol. The molecule has 0 saturated carbocycles. The molecule has 0 bridgehead atoms. The van der Waals surface area contributed by atoms with Gasteiger partial charge in [-0.1, -0.05) is 0 Å². The van der Waals surface area contributed by atoms with Crippen molar-refractivity contribution in [1.82, 2.24) is 0 Å². The number of carbonyl (C=O) groups excluding carboxylic acids is 1. The Morgan fingerprint density at radius 1 is 1.41 bits per heavy atom. The number of phosphoric ester groups is 1. The number of aliphatic hydroxyl groups is 2. The molecule has 1 fully saturated rings. The lowest BCUT2D eigenvalue weighted by molar-refractivity contribution is -0.765. The van der Waals surface area contributed by atoms with Gasteiger partial charge < -0.3 is 30.5 Å². The van der Waals surface area contributed by atoms with Gasteiger partial charge in [0, 0.05) is 6.07 Å². The second-order valence-corrected chi connectivity index (χ2v) is 5.98. The van der Waals surface area contributed by atoms with E-state index < -0.39 is 44.9 Å². The topological polar surface area (TPSA) is 163 Å². The molecule has 1 unspecified atom stereocenters. The van der Waals surface area contributed by atoms with Crippen LogP contribution >= 0.6 is 7.82 Å². The first-order valence-electron chi connectivity index (χ1n) is 6.21. The fourth-order valence-corrected chi connectivity index (χ4v) is 2.42. The Morgan fingerprint density at radius 2 is 2.09 bits per heavy atom. The van der Waals surface area contributed by atoms with Crippen LogP contribution in [0.2, 0.25) is 0 Å². The van der Waals surface area contributed by atoms with Crippen LogP contribution in [-0.2, 0) is 13.8 Å². The highest BCUT2D eigenvalue weighted by Crippen LogP contribution is 2.37. The molecule has 0 spiro atoms. The van der Waals surface area contributed by atoms with E-state index >= 15 is 0 Å². The number of hydrogen-bond acceptors (Lipinski definition) is 6. The fraction of sp³-hybridized carbons (Fsp3) is 0.455. The lowest BCUT2D eigenvalue weighted by Crippen LogP contribution is -2.46. The number of phosphoric acid groups is 1. The maximum atomic E-state index is 11.1. The molecule has 11 heteroatoms. The molecular formula is C11H16N2O8P+. The fourth-order valence-electron chi connectivity index (χ4n) is 2.08. The van der Waals surface area contributed by atoms with Gasteiger partial charge in [-0.3, -0.25) is 9.32 Å². The molecule has 1 saturated heterocycles. The van der Waals surface area contributed by atoms with E-state index in [9.17, 15) is 19.6 Å². The average molecular weight is 335 g/mol. The lowest BCUT2D eigenvalue weighted by Gasteiger charge is -2.13. The maximum Gasteiger partial charge on any atom is 0.469 e. The molecule has 2 rings (SSSR count). The predicted molar refractivity (Wildman–Crippen MR) is 69.1 cm³/mol. The summed E-state index contributed by atoms with van der Waals surface area (Å²) in [6, 6.07) is 2.97. The summed E-state index contributed by atoms with van der Waals surface area (Å²) < 4.78 is 21.6. The van der Waals surface area contributed by atoms with Crippen molar-refractivity contribution in [2.75, 3.05) is 6.61 Å². The molecule has 1 aromatic rings. The third-order valence-corrected chi connectivity index (χ3v) is 3.63. The van der Waals surface area contributed by atoms with Crippen LogP contribution in [0.5, 0.6) is 0 Å². The van der Waals surface area contributed by atoms with E-state index in [1.165, 1.54) is 29.1 Å². The minimum Gasteiger partial charge on any atom is -0.387 e. The van der Waals surface area contributed by atoms with Crippen LogP contribution < -0.4 is 10.3 Å². The van der Waals surface area contributed by atoms with E-state index in [0.29, 0.717) is 0 Å². The number of rotatable bonds is 5. The van der Waals surface area contributed by atoms with Gasteiger partial charge in [0.05, 0.1) is 6.61 Å². The van der Waals surface area contributed by atoms with Crippen molar-refractivity contribution >= 4 is 13.7 Å². The van der Waals surface area contributed by atoms with Gasteiger partial charge in [-0.15, -0.1) is 0 Å². The third kappa shape index (κ3) is 3.87. The van der Waals surface area contributed by atoms with Crippen LogP contribution in [0.25, 0.3) is 0 Å². The number of aromatic nitrogens is 1. The Kier molecular flexibility index (Phi) is 4.93. The van der Waals surface area contributed by atoms with Crippen LogP contribution in [0.3, 0.4) is 0 Å². The van der Waals surface area contributed by atoms with Crippen LogP contribution in [0, 0.1) is 0 Å². The number of hydrogen-bond donors (Lipinski definition) is 5. The minimum absolute atomic E-state index is 0.169. The SMILES string of the molecule is NC(=O)c1ccc[n+]([C@@H]2O[C@H](COP(=O)(O)O)C(O)[C@@H]2O)c1. The van der Waals surface area contributed by atoms with E-state index in [0.717, 1.165) is 0 Å². The second-order valence-electron chi connectivity index (χ2n) is 4.74. The Labute approximate surface area is 124 Å². The Morgan fingerprint density at radius 3 is 2.68 bits per heavy atom. The number of aliphatic hydroxyl groups excluding tert-OH is 2. The second kappa shape index (κ2) is 6.39. The average Bonchev–Trinajstić information content (AvgIpc) is 2.72. The molecule has 1 aliphatic heterocycles. The van der Waals surface area contributed by atoms with E-state index in [1.54, 1.807) is 0 Å². The van der Waals surface area contributed by atoms with Gasteiger partial charge in [0.15, 0.2) is 18.5 Å². The molecule has 122 valence electrons. The van der Waals surface area contributed by atoms with Gasteiger partial charge in [0.25, 0.3) is 12.1 Å². The minimum atomic E-state index is -4.72. The number of pyridine rings is 1. The first-order valence-corrected chi connectivity index (χ1v) is 7.74. The van der Waals surface area contributed by atoms with Crippen molar-refractivity contribution in [3.63, 3.8) is 0 Å². The molecule has 22 heavy (non-hydrogen) atoms. The summed E-state index contributed by atoms with van der Waals surface area (Å²) in [6.45, 7) is -0.602. The zero-order chi connectivity index (χ0) is 16.5. The molecule has 2 heterocycles. The number of ether oxygens (including phenoxy) is 1. The normalized spacial score (nSPS) is 28.7. The number of nitrogens with zero attached hydrogens (tertiary/aromatic N) is 1. The summed E-state index contributed by atoms with van der Waals surface area (Å²) in [4.78, 5) is 28.4. The Hall–Kier alpha value is -1.39. The number of primary amides is 1. The van der Waals surface area contributed by atoms with Crippen molar-refractivity contribution in [3.05, 3.63) is 30.1 Å². The van der Waals surface area contributed by atoms with Gasteiger partial charge >= 0.3 is 7.82 Å². The maximum absolute atomic E-state index is 11.1. The van der Waals surface area contributed by atoms with Crippen molar-refractivity contribution < 1.29 is 43.2 Å². The number of amides is 1. The molecule has 1 amide bonds. The van der Waals surface area contributed by atoms with Gasteiger partial charge in [-0.25, -0.2) is 4.57 Å². The molecule has 10 nitrogen and oxygen atoms in total. The summed E-state index contributed by atoms with van der Waals surface area (Å²) in [5, 5.41) is 19.8. The summed E-state index contributed by atoms with van der Waals surface area (Å²) in [7, 11) is -4.72. The highest BCUT2D eigenvalue weighted by Gasteiger charge is 2.48. The highest BCUT2D eigenvalue weighted by atomic mass is 31.2. The highest BCUT2D eigenvalue weighted by molar-refractivity contribution is 7.46. The van der Waals surface area contributed by atoms with Crippen LogP contribution in [-0.4, -0.2) is 50.8 Å². The number of carbonyl (C=O) groups is 1. The van der Waals surface area contributed by atoms with Gasteiger partial charge in [0.1, 0.15) is 17.8 Å². The third-order valence-electron chi connectivity index (χ3n) is 3.14. The number of nitrogens with two attached hydrogens (primary N) is 1. The summed E-state index contributed by atoms with van der Waals surface area (Å²) in [5.41, 5.74) is 5.32. The molecular weight excluding hydrogens is 319 g/mol. The first kappa shape index (κ1) is 17.0. The Bertz CT molecular complexity index is 606. The van der Waals surface area contributed by atoms with Crippen molar-refractivity contribution in [2.45, 2.75) is 24.5 Å².